The molecule has 2 heterocycles. The minimum Gasteiger partial charge on any atom is -0.273 e. The summed E-state index contributed by atoms with van der Waals surface area (Å²) in [5.74, 6) is -2.89. The van der Waals surface area contributed by atoms with Crippen LogP contribution in [0.25, 0.3) is 0 Å². The first-order valence-corrected chi connectivity index (χ1v) is 9.29. The first kappa shape index (κ1) is 19.3. The molecule has 8 nitrogen and oxygen atoms in total. The summed E-state index contributed by atoms with van der Waals surface area (Å²) >= 11 is 0. The summed E-state index contributed by atoms with van der Waals surface area (Å²) in [5.41, 5.74) is 1.93. The number of benzene rings is 2. The molecule has 2 aliphatic heterocycles. The number of para-hydroxylation sites is 1. The number of hydrazone groups is 1. The second-order valence-corrected chi connectivity index (χ2v) is 7.02. The van der Waals surface area contributed by atoms with E-state index in [0.29, 0.717) is 17.1 Å². The zero-order valence-electron chi connectivity index (χ0n) is 16.3. The van der Waals surface area contributed by atoms with E-state index in [1.54, 1.807) is 49.4 Å². The Morgan fingerprint density at radius 1 is 0.933 bits per heavy atom. The molecule has 1 atom stereocenters. The number of carbonyl (C=O) groups is 4. The Hall–Kier alpha value is -4.07. The van der Waals surface area contributed by atoms with E-state index in [1.165, 1.54) is 11.1 Å². The Kier molecular flexibility index (Phi) is 4.75. The maximum absolute atomic E-state index is 13.0. The fraction of sp³-hybridized carbons (Fsp3) is 0.136. The summed E-state index contributed by atoms with van der Waals surface area (Å²) in [7, 11) is 0. The zero-order valence-corrected chi connectivity index (χ0v) is 16.3. The number of carbonyl (C=O) groups excluding carboxylic acids is 4. The molecule has 2 aromatic carbocycles. The minimum atomic E-state index is -0.887. The molecule has 2 aliphatic rings. The maximum Gasteiger partial charge on any atom is 0.335 e. The molecule has 0 bridgehead atoms. The molecule has 0 unspecified atom stereocenters. The number of barbiturate groups is 1. The number of imide groups is 2. The molecule has 0 spiro atoms. The first-order chi connectivity index (χ1) is 14.4. The number of hydrogen-bond acceptors (Lipinski definition) is 5. The van der Waals surface area contributed by atoms with Crippen molar-refractivity contribution in [2.45, 2.75) is 13.8 Å². The van der Waals surface area contributed by atoms with Crippen LogP contribution in [0.4, 0.5) is 16.2 Å². The van der Waals surface area contributed by atoms with Crippen LogP contribution in [0.5, 0.6) is 0 Å². The zero-order chi connectivity index (χ0) is 21.4. The third-order valence-corrected chi connectivity index (χ3v) is 4.88. The summed E-state index contributed by atoms with van der Waals surface area (Å²) in [6.07, 6.45) is 1.27. The largest absolute Gasteiger partial charge is 0.335 e. The van der Waals surface area contributed by atoms with Crippen molar-refractivity contribution in [3.05, 3.63) is 71.8 Å². The van der Waals surface area contributed by atoms with Crippen LogP contribution in [0.1, 0.15) is 12.5 Å². The Labute approximate surface area is 172 Å². The van der Waals surface area contributed by atoms with Crippen molar-refractivity contribution in [3.8, 4) is 0 Å². The number of nitrogens with one attached hydrogen (secondary N) is 1. The van der Waals surface area contributed by atoms with Crippen molar-refractivity contribution in [1.29, 1.82) is 0 Å². The van der Waals surface area contributed by atoms with Gasteiger partial charge in [-0.3, -0.25) is 19.7 Å². The van der Waals surface area contributed by atoms with E-state index in [4.69, 9.17) is 0 Å². The van der Waals surface area contributed by atoms with E-state index in [2.05, 4.69) is 10.4 Å². The fourth-order valence-corrected chi connectivity index (χ4v) is 3.37. The lowest BCUT2D eigenvalue weighted by atomic mass is 9.98. The molecule has 8 heteroatoms. The second kappa shape index (κ2) is 7.40. The summed E-state index contributed by atoms with van der Waals surface area (Å²) < 4.78 is 0. The van der Waals surface area contributed by atoms with Gasteiger partial charge in [-0.25, -0.2) is 9.69 Å². The quantitative estimate of drug-likeness (QED) is 0.630. The molecular weight excluding hydrogens is 384 g/mol. The lowest BCUT2D eigenvalue weighted by Crippen LogP contribution is -2.54. The van der Waals surface area contributed by atoms with Gasteiger partial charge in [-0.1, -0.05) is 30.3 Å². The molecule has 0 aromatic heterocycles. The Balaban J connectivity index is 1.68. The predicted octanol–water partition coefficient (Wildman–Crippen LogP) is 2.54. The van der Waals surface area contributed by atoms with Gasteiger partial charge in [-0.15, -0.1) is 0 Å². The van der Waals surface area contributed by atoms with Gasteiger partial charge in [0.25, 0.3) is 17.7 Å². The molecular formula is C22H18N4O4. The van der Waals surface area contributed by atoms with Gasteiger partial charge in [0.15, 0.2) is 0 Å². The van der Waals surface area contributed by atoms with Crippen molar-refractivity contribution in [2.75, 3.05) is 9.91 Å². The van der Waals surface area contributed by atoms with Crippen LogP contribution in [0, 0.1) is 12.8 Å². The molecule has 0 aliphatic carbocycles. The van der Waals surface area contributed by atoms with Crippen molar-refractivity contribution < 1.29 is 19.2 Å². The molecule has 1 fully saturated rings. The number of rotatable bonds is 3. The predicted molar refractivity (Wildman–Crippen MR) is 111 cm³/mol. The third kappa shape index (κ3) is 3.28. The van der Waals surface area contributed by atoms with Crippen molar-refractivity contribution in [2.24, 2.45) is 11.0 Å². The third-order valence-electron chi connectivity index (χ3n) is 4.88. The first-order valence-electron chi connectivity index (χ1n) is 9.29. The van der Waals surface area contributed by atoms with Gasteiger partial charge in [0.2, 0.25) is 0 Å². The number of aryl methyl sites for hydroxylation is 1. The van der Waals surface area contributed by atoms with Crippen LogP contribution in [0.15, 0.2) is 71.3 Å². The van der Waals surface area contributed by atoms with E-state index in [-0.39, 0.29) is 11.5 Å². The number of amides is 5. The smallest absolute Gasteiger partial charge is 0.273 e. The molecule has 150 valence electrons. The standard InChI is InChI=1S/C22H18N4O4/c1-13-7-6-10-16(11-13)25-20(28)18(19(27)23-22(25)30)12-17-14(2)24-26(21(17)29)15-8-4-3-5-9-15/h3-12,17H,1-2H3,(H,23,27,30)/b18-12+/t17-/m1/s1. The summed E-state index contributed by atoms with van der Waals surface area (Å²) in [6.45, 7) is 3.48. The Morgan fingerprint density at radius 2 is 1.63 bits per heavy atom. The van der Waals surface area contributed by atoms with Crippen LogP contribution >= 0.6 is 0 Å². The van der Waals surface area contributed by atoms with E-state index in [1.807, 2.05) is 19.1 Å². The van der Waals surface area contributed by atoms with Gasteiger partial charge < -0.3 is 0 Å². The molecule has 0 radical (unpaired) electrons. The molecule has 0 saturated carbocycles. The van der Waals surface area contributed by atoms with E-state index >= 15 is 0 Å². The summed E-state index contributed by atoms with van der Waals surface area (Å²) in [5, 5.41) is 7.68. The van der Waals surface area contributed by atoms with Gasteiger partial charge >= 0.3 is 6.03 Å². The van der Waals surface area contributed by atoms with Crippen LogP contribution in [-0.4, -0.2) is 29.5 Å². The van der Waals surface area contributed by atoms with Gasteiger partial charge in [0.05, 0.1) is 23.0 Å². The maximum atomic E-state index is 13.0. The molecule has 1 N–H and O–H groups in total. The van der Waals surface area contributed by atoms with Crippen molar-refractivity contribution in [1.82, 2.24) is 5.32 Å². The average Bonchev–Trinajstić information content (AvgIpc) is 2.99. The van der Waals surface area contributed by atoms with Crippen LogP contribution in [-0.2, 0) is 14.4 Å². The monoisotopic (exact) mass is 402 g/mol. The molecule has 1 saturated heterocycles. The molecule has 2 aromatic rings. The number of urea groups is 1. The fourth-order valence-electron chi connectivity index (χ4n) is 3.37. The van der Waals surface area contributed by atoms with E-state index in [0.717, 1.165) is 10.5 Å². The molecule has 5 amide bonds. The minimum absolute atomic E-state index is 0.279. The highest BCUT2D eigenvalue weighted by atomic mass is 16.2. The van der Waals surface area contributed by atoms with Crippen molar-refractivity contribution >= 4 is 40.8 Å². The number of anilines is 2. The highest BCUT2D eigenvalue weighted by Crippen LogP contribution is 2.27. The molecule has 4 rings (SSSR count). The van der Waals surface area contributed by atoms with Crippen LogP contribution in [0.3, 0.4) is 0 Å². The SMILES string of the molecule is CC1=NN(c2ccccc2)C(=O)[C@@H]1/C=C1\C(=O)NC(=O)N(c2cccc(C)c2)C1=O. The summed E-state index contributed by atoms with van der Waals surface area (Å²) in [4.78, 5) is 51.5. The van der Waals surface area contributed by atoms with Crippen LogP contribution < -0.4 is 15.2 Å². The van der Waals surface area contributed by atoms with E-state index < -0.39 is 23.8 Å². The van der Waals surface area contributed by atoms with Crippen LogP contribution in [0.2, 0.25) is 0 Å². The lowest BCUT2D eigenvalue weighted by molar-refractivity contribution is -0.122. The normalized spacial score (nSPS) is 20.7. The lowest BCUT2D eigenvalue weighted by Gasteiger charge is -2.27. The van der Waals surface area contributed by atoms with Gasteiger partial charge in [-0.05, 0) is 49.8 Å². The molecule has 30 heavy (non-hydrogen) atoms. The second-order valence-electron chi connectivity index (χ2n) is 7.02. The van der Waals surface area contributed by atoms with Crippen molar-refractivity contribution in [3.63, 3.8) is 0 Å². The number of hydrogen-bond donors (Lipinski definition) is 1. The Morgan fingerprint density at radius 3 is 2.33 bits per heavy atom. The van der Waals surface area contributed by atoms with Gasteiger partial charge in [0, 0.05) is 0 Å². The Bertz CT molecular complexity index is 1140. The van der Waals surface area contributed by atoms with Gasteiger partial charge in [0.1, 0.15) is 5.57 Å². The highest BCUT2D eigenvalue weighted by molar-refractivity contribution is 6.38. The summed E-state index contributed by atoms with van der Waals surface area (Å²) in [6, 6.07) is 14.8. The highest BCUT2D eigenvalue weighted by Gasteiger charge is 2.40. The van der Waals surface area contributed by atoms with Gasteiger partial charge in [-0.2, -0.15) is 10.1 Å². The topological polar surface area (TPSA) is 99.2 Å². The number of nitrogens with zero attached hydrogens (tertiary/aromatic N) is 3. The average molecular weight is 402 g/mol. The van der Waals surface area contributed by atoms with E-state index in [9.17, 15) is 19.2 Å².